The molecule has 150 valence electrons. The van der Waals surface area contributed by atoms with Crippen molar-refractivity contribution in [1.82, 2.24) is 4.98 Å². The standard InChI is InChI=1S/C20H19F4NO3/c1-18(2,15-8-13(21)3-4-16(15)26)11-19(27,20(22,23)24)9-14-7-12-10-25-6-5-17(12)28-14/h3-8,10,26-27H,9,11H2,1-2H3. The van der Waals surface area contributed by atoms with Gasteiger partial charge in [-0.05, 0) is 42.2 Å². The van der Waals surface area contributed by atoms with Gasteiger partial charge in [0.2, 0.25) is 0 Å². The number of hydrogen-bond donors (Lipinski definition) is 2. The predicted octanol–water partition coefficient (Wildman–Crippen LogP) is 4.88. The number of halogens is 4. The zero-order valence-corrected chi connectivity index (χ0v) is 15.2. The largest absolute Gasteiger partial charge is 0.508 e. The molecule has 0 saturated carbocycles. The molecule has 2 N–H and O–H groups in total. The molecule has 0 aliphatic carbocycles. The first kappa shape index (κ1) is 20.1. The fraction of sp³-hybridized carbons (Fsp3) is 0.350. The Morgan fingerprint density at radius 1 is 1.11 bits per heavy atom. The lowest BCUT2D eigenvalue weighted by Gasteiger charge is -2.37. The Labute approximate surface area is 158 Å². The molecule has 0 aliphatic rings. The first-order chi connectivity index (χ1) is 12.9. The third-order valence-electron chi connectivity index (χ3n) is 4.78. The Morgan fingerprint density at radius 2 is 1.82 bits per heavy atom. The number of nitrogens with zero attached hydrogens (tertiary/aromatic N) is 1. The average molecular weight is 397 g/mol. The third kappa shape index (κ3) is 3.82. The summed E-state index contributed by atoms with van der Waals surface area (Å²) in [7, 11) is 0. The van der Waals surface area contributed by atoms with Gasteiger partial charge in [0.15, 0.2) is 5.60 Å². The van der Waals surface area contributed by atoms with Gasteiger partial charge in [-0.15, -0.1) is 0 Å². The van der Waals surface area contributed by atoms with Gasteiger partial charge in [-0.1, -0.05) is 13.8 Å². The maximum atomic E-state index is 13.8. The van der Waals surface area contributed by atoms with Gasteiger partial charge < -0.3 is 14.6 Å². The normalized spacial score (nSPS) is 15.0. The summed E-state index contributed by atoms with van der Waals surface area (Å²) in [6.45, 7) is 2.81. The van der Waals surface area contributed by atoms with Crippen LogP contribution in [0.1, 0.15) is 31.6 Å². The molecule has 0 aliphatic heterocycles. The number of hydrogen-bond acceptors (Lipinski definition) is 4. The van der Waals surface area contributed by atoms with Gasteiger partial charge in [-0.3, -0.25) is 4.98 Å². The summed E-state index contributed by atoms with van der Waals surface area (Å²) < 4.78 is 60.5. The van der Waals surface area contributed by atoms with Crippen molar-refractivity contribution in [3.8, 4) is 5.75 Å². The zero-order chi connectivity index (χ0) is 20.7. The SMILES string of the molecule is CC(C)(CC(O)(Cc1cc2cnccc2o1)C(F)(F)F)c1cc(F)ccc1O. The lowest BCUT2D eigenvalue weighted by atomic mass is 9.73. The number of alkyl halides is 3. The minimum Gasteiger partial charge on any atom is -0.508 e. The molecular weight excluding hydrogens is 378 g/mol. The van der Waals surface area contributed by atoms with Gasteiger partial charge in [-0.25, -0.2) is 4.39 Å². The fourth-order valence-electron chi connectivity index (χ4n) is 3.45. The number of benzene rings is 1. The summed E-state index contributed by atoms with van der Waals surface area (Å²) in [5.74, 6) is -1.09. The minimum atomic E-state index is -4.98. The van der Waals surface area contributed by atoms with Crippen molar-refractivity contribution >= 4 is 11.0 Å². The van der Waals surface area contributed by atoms with E-state index in [0.717, 1.165) is 18.2 Å². The highest BCUT2D eigenvalue weighted by atomic mass is 19.4. The molecule has 0 fully saturated rings. The summed E-state index contributed by atoms with van der Waals surface area (Å²) >= 11 is 0. The monoisotopic (exact) mass is 397 g/mol. The highest BCUT2D eigenvalue weighted by molar-refractivity contribution is 5.76. The van der Waals surface area contributed by atoms with Crippen LogP contribution in [-0.4, -0.2) is 27.0 Å². The first-order valence-corrected chi connectivity index (χ1v) is 8.52. The highest BCUT2D eigenvalue weighted by Gasteiger charge is 2.56. The smallest absolute Gasteiger partial charge is 0.417 e. The van der Waals surface area contributed by atoms with Crippen LogP contribution in [0.2, 0.25) is 0 Å². The van der Waals surface area contributed by atoms with E-state index in [9.17, 15) is 27.8 Å². The molecular formula is C20H19F4NO3. The quantitative estimate of drug-likeness (QED) is 0.603. The molecule has 0 spiro atoms. The molecule has 0 amide bonds. The van der Waals surface area contributed by atoms with Crippen molar-refractivity contribution in [2.75, 3.05) is 0 Å². The number of pyridine rings is 1. The molecule has 1 atom stereocenters. The van der Waals surface area contributed by atoms with Crippen LogP contribution in [0.3, 0.4) is 0 Å². The Hall–Kier alpha value is -2.61. The molecule has 1 unspecified atom stereocenters. The minimum absolute atomic E-state index is 0.0241. The fourth-order valence-corrected chi connectivity index (χ4v) is 3.45. The van der Waals surface area contributed by atoms with E-state index in [1.807, 2.05) is 0 Å². The van der Waals surface area contributed by atoms with Crippen molar-refractivity contribution in [3.05, 3.63) is 59.9 Å². The van der Waals surface area contributed by atoms with Crippen LogP contribution in [0, 0.1) is 5.82 Å². The second kappa shape index (κ2) is 6.77. The van der Waals surface area contributed by atoms with Gasteiger partial charge in [0.1, 0.15) is 22.9 Å². The number of fused-ring (bicyclic) bond motifs is 1. The number of rotatable bonds is 5. The Bertz CT molecular complexity index is 964. The van der Waals surface area contributed by atoms with E-state index in [1.54, 1.807) is 0 Å². The third-order valence-corrected chi connectivity index (χ3v) is 4.78. The molecule has 2 heterocycles. The Kier molecular flexibility index (Phi) is 4.87. The summed E-state index contributed by atoms with van der Waals surface area (Å²) in [6, 6.07) is 5.96. The number of aromatic hydroxyl groups is 1. The van der Waals surface area contributed by atoms with Crippen LogP contribution < -0.4 is 0 Å². The molecule has 0 saturated heterocycles. The van der Waals surface area contributed by atoms with Crippen LogP contribution in [0.5, 0.6) is 5.75 Å². The van der Waals surface area contributed by atoms with Crippen LogP contribution in [0.25, 0.3) is 11.0 Å². The number of aliphatic hydroxyl groups is 1. The average Bonchev–Trinajstić information content (AvgIpc) is 2.97. The zero-order valence-electron chi connectivity index (χ0n) is 15.2. The highest BCUT2D eigenvalue weighted by Crippen LogP contribution is 2.45. The second-order valence-electron chi connectivity index (χ2n) is 7.55. The van der Waals surface area contributed by atoms with Crippen LogP contribution in [0.4, 0.5) is 17.6 Å². The molecule has 28 heavy (non-hydrogen) atoms. The van der Waals surface area contributed by atoms with Gasteiger partial charge in [-0.2, -0.15) is 13.2 Å². The van der Waals surface area contributed by atoms with Crippen molar-refractivity contribution in [1.29, 1.82) is 0 Å². The maximum Gasteiger partial charge on any atom is 0.417 e. The molecule has 4 nitrogen and oxygen atoms in total. The lowest BCUT2D eigenvalue weighted by molar-refractivity contribution is -0.267. The number of phenolic OH excluding ortho intramolecular Hbond substituents is 1. The summed E-state index contributed by atoms with van der Waals surface area (Å²) in [5.41, 5.74) is -4.21. The molecule has 3 aromatic rings. The summed E-state index contributed by atoms with van der Waals surface area (Å²) in [6.07, 6.45) is -3.73. The molecule has 0 radical (unpaired) electrons. The Morgan fingerprint density at radius 3 is 2.46 bits per heavy atom. The number of furan rings is 1. The van der Waals surface area contributed by atoms with Gasteiger partial charge >= 0.3 is 6.18 Å². The number of phenols is 1. The maximum absolute atomic E-state index is 13.8. The van der Waals surface area contributed by atoms with E-state index in [1.165, 1.54) is 38.4 Å². The number of aromatic nitrogens is 1. The molecule has 2 aromatic heterocycles. The van der Waals surface area contributed by atoms with Crippen molar-refractivity contribution < 1.29 is 32.2 Å². The van der Waals surface area contributed by atoms with Crippen molar-refractivity contribution in [2.24, 2.45) is 0 Å². The molecule has 1 aromatic carbocycles. The van der Waals surface area contributed by atoms with Crippen LogP contribution in [0.15, 0.2) is 47.1 Å². The summed E-state index contributed by atoms with van der Waals surface area (Å²) in [4.78, 5) is 3.88. The van der Waals surface area contributed by atoms with Crippen molar-refractivity contribution in [3.63, 3.8) is 0 Å². The van der Waals surface area contributed by atoms with E-state index in [0.29, 0.717) is 11.0 Å². The molecule has 3 rings (SSSR count). The molecule has 8 heteroatoms. The van der Waals surface area contributed by atoms with E-state index < -0.39 is 35.9 Å². The van der Waals surface area contributed by atoms with Gasteiger partial charge in [0.05, 0.1) is 0 Å². The Balaban J connectivity index is 1.98. The van der Waals surface area contributed by atoms with Crippen molar-refractivity contribution in [2.45, 2.75) is 43.9 Å². The van der Waals surface area contributed by atoms with Gasteiger partial charge in [0, 0.05) is 29.8 Å². The lowest BCUT2D eigenvalue weighted by Crippen LogP contribution is -2.50. The second-order valence-corrected chi connectivity index (χ2v) is 7.55. The van der Waals surface area contributed by atoms with Crippen LogP contribution >= 0.6 is 0 Å². The van der Waals surface area contributed by atoms with Gasteiger partial charge in [0.25, 0.3) is 0 Å². The van der Waals surface area contributed by atoms with E-state index >= 15 is 0 Å². The summed E-state index contributed by atoms with van der Waals surface area (Å²) in [5, 5.41) is 21.1. The predicted molar refractivity (Wildman–Crippen MR) is 94.4 cm³/mol. The topological polar surface area (TPSA) is 66.5 Å². The first-order valence-electron chi connectivity index (χ1n) is 8.52. The molecule has 0 bridgehead atoms. The van der Waals surface area contributed by atoms with E-state index in [2.05, 4.69) is 4.98 Å². The van der Waals surface area contributed by atoms with E-state index in [4.69, 9.17) is 4.42 Å². The van der Waals surface area contributed by atoms with Crippen LogP contribution in [-0.2, 0) is 11.8 Å². The van der Waals surface area contributed by atoms with E-state index in [-0.39, 0.29) is 17.1 Å².